The Morgan fingerprint density at radius 1 is 1.43 bits per heavy atom. The Morgan fingerprint density at radius 2 is 2.19 bits per heavy atom. The highest BCUT2D eigenvalue weighted by atomic mass is 35.5. The fraction of sp³-hybridized carbons (Fsp3) is 0.600. The lowest BCUT2D eigenvalue weighted by Gasteiger charge is -2.09. The smallest absolute Gasteiger partial charge is 0.252 e. The van der Waals surface area contributed by atoms with E-state index in [1.807, 2.05) is 0 Å². The predicted molar refractivity (Wildman–Crippen MR) is 86.0 cm³/mol. The van der Waals surface area contributed by atoms with Gasteiger partial charge in [0.2, 0.25) is 0 Å². The van der Waals surface area contributed by atoms with E-state index in [0.717, 1.165) is 13.0 Å². The van der Waals surface area contributed by atoms with Crippen molar-refractivity contribution in [1.82, 2.24) is 10.3 Å². The first-order valence-corrected chi connectivity index (χ1v) is 7.67. The van der Waals surface area contributed by atoms with E-state index in [-0.39, 0.29) is 5.91 Å². The summed E-state index contributed by atoms with van der Waals surface area (Å²) in [4.78, 5) is 16.1. The molecule has 6 heteroatoms. The van der Waals surface area contributed by atoms with Gasteiger partial charge in [-0.05, 0) is 18.4 Å². The average molecular weight is 314 g/mol. The van der Waals surface area contributed by atoms with Crippen molar-refractivity contribution in [3.63, 3.8) is 0 Å². The highest BCUT2D eigenvalue weighted by Gasteiger charge is 2.09. The van der Waals surface area contributed by atoms with Gasteiger partial charge in [0.25, 0.3) is 5.91 Å². The minimum atomic E-state index is -0.195. The van der Waals surface area contributed by atoms with E-state index in [4.69, 9.17) is 16.3 Å². The van der Waals surface area contributed by atoms with Gasteiger partial charge in [-0.25, -0.2) is 4.98 Å². The molecule has 1 aromatic rings. The summed E-state index contributed by atoms with van der Waals surface area (Å²) in [5.74, 6) is 0.904. The summed E-state index contributed by atoms with van der Waals surface area (Å²) >= 11 is 6.10. The van der Waals surface area contributed by atoms with Crippen molar-refractivity contribution < 1.29 is 9.53 Å². The molecule has 118 valence electrons. The minimum Gasteiger partial charge on any atom is -0.379 e. The summed E-state index contributed by atoms with van der Waals surface area (Å²) < 4.78 is 5.40. The fourth-order valence-corrected chi connectivity index (χ4v) is 1.83. The van der Waals surface area contributed by atoms with Crippen molar-refractivity contribution >= 4 is 23.3 Å². The molecular formula is C15H24ClN3O2. The zero-order valence-electron chi connectivity index (χ0n) is 12.9. The first-order chi connectivity index (χ1) is 10.0. The normalized spacial score (nSPS) is 10.7. The van der Waals surface area contributed by atoms with E-state index >= 15 is 0 Å². The number of carbonyl (C=O) groups excluding carboxylic acids is 1. The fourth-order valence-electron chi connectivity index (χ4n) is 1.59. The summed E-state index contributed by atoms with van der Waals surface area (Å²) in [6.45, 7) is 8.69. The van der Waals surface area contributed by atoms with Crippen LogP contribution in [-0.2, 0) is 4.74 Å². The van der Waals surface area contributed by atoms with Crippen LogP contribution in [0.4, 0.5) is 5.82 Å². The quantitative estimate of drug-likeness (QED) is 0.688. The van der Waals surface area contributed by atoms with E-state index in [9.17, 15) is 4.79 Å². The van der Waals surface area contributed by atoms with Gasteiger partial charge in [-0.3, -0.25) is 4.79 Å². The molecule has 0 atom stereocenters. The van der Waals surface area contributed by atoms with Crippen LogP contribution in [0.1, 0.15) is 37.6 Å². The second-order valence-corrected chi connectivity index (χ2v) is 5.61. The number of amides is 1. The van der Waals surface area contributed by atoms with Crippen LogP contribution in [0.3, 0.4) is 0 Å². The Morgan fingerprint density at radius 3 is 2.81 bits per heavy atom. The first-order valence-electron chi connectivity index (χ1n) is 7.30. The Kier molecular flexibility index (Phi) is 8.08. The third kappa shape index (κ3) is 6.78. The maximum atomic E-state index is 11.9. The monoisotopic (exact) mass is 313 g/mol. The summed E-state index contributed by atoms with van der Waals surface area (Å²) in [6.07, 6.45) is 2.50. The van der Waals surface area contributed by atoms with Crippen LogP contribution in [0.25, 0.3) is 0 Å². The number of hydrogen-bond donors (Lipinski definition) is 2. The lowest BCUT2D eigenvalue weighted by atomic mass is 10.2. The van der Waals surface area contributed by atoms with Crippen molar-refractivity contribution in [2.24, 2.45) is 5.92 Å². The molecule has 0 aliphatic heterocycles. The van der Waals surface area contributed by atoms with Gasteiger partial charge in [-0.1, -0.05) is 32.4 Å². The van der Waals surface area contributed by atoms with Crippen LogP contribution in [0.15, 0.2) is 12.3 Å². The molecule has 0 saturated heterocycles. The third-order valence-electron chi connectivity index (χ3n) is 2.63. The maximum Gasteiger partial charge on any atom is 0.252 e. The second-order valence-electron chi connectivity index (χ2n) is 5.21. The molecule has 2 N–H and O–H groups in total. The number of pyridine rings is 1. The number of anilines is 1. The van der Waals surface area contributed by atoms with Crippen LogP contribution >= 0.6 is 11.6 Å². The van der Waals surface area contributed by atoms with E-state index < -0.39 is 0 Å². The van der Waals surface area contributed by atoms with Gasteiger partial charge >= 0.3 is 0 Å². The zero-order valence-corrected chi connectivity index (χ0v) is 13.7. The molecule has 0 fully saturated rings. The van der Waals surface area contributed by atoms with E-state index in [1.165, 1.54) is 6.20 Å². The van der Waals surface area contributed by atoms with Crippen molar-refractivity contribution in [2.45, 2.75) is 27.2 Å². The molecule has 0 aliphatic carbocycles. The molecule has 5 nitrogen and oxygen atoms in total. The van der Waals surface area contributed by atoms with Crippen LogP contribution in [-0.4, -0.2) is 37.2 Å². The highest BCUT2D eigenvalue weighted by molar-refractivity contribution is 6.33. The molecule has 1 heterocycles. The van der Waals surface area contributed by atoms with Gasteiger partial charge in [-0.2, -0.15) is 0 Å². The van der Waals surface area contributed by atoms with Gasteiger partial charge in [-0.15, -0.1) is 0 Å². The van der Waals surface area contributed by atoms with Crippen molar-refractivity contribution in [3.05, 3.63) is 22.8 Å². The number of nitrogens with one attached hydrogen (secondary N) is 2. The third-order valence-corrected chi connectivity index (χ3v) is 2.92. The highest BCUT2D eigenvalue weighted by Crippen LogP contribution is 2.19. The van der Waals surface area contributed by atoms with Gasteiger partial charge in [0, 0.05) is 25.9 Å². The van der Waals surface area contributed by atoms with Gasteiger partial charge in [0.05, 0.1) is 17.2 Å². The summed E-state index contributed by atoms with van der Waals surface area (Å²) in [5.41, 5.74) is 0.450. The molecule has 21 heavy (non-hydrogen) atoms. The molecule has 0 aliphatic rings. The van der Waals surface area contributed by atoms with Crippen molar-refractivity contribution in [3.8, 4) is 0 Å². The summed E-state index contributed by atoms with van der Waals surface area (Å²) in [7, 11) is 0. The number of hydrogen-bond acceptors (Lipinski definition) is 4. The van der Waals surface area contributed by atoms with E-state index in [1.54, 1.807) is 6.07 Å². The molecule has 0 saturated carbocycles. The van der Waals surface area contributed by atoms with Crippen LogP contribution in [0.2, 0.25) is 5.02 Å². The predicted octanol–water partition coefficient (Wildman–Crippen LogP) is 2.96. The SMILES string of the molecule is CCCNc1ncc(C(=O)NCCOCC(C)C)cc1Cl. The van der Waals surface area contributed by atoms with Crippen LogP contribution in [0.5, 0.6) is 0 Å². The first kappa shape index (κ1) is 17.7. The molecule has 1 amide bonds. The van der Waals surface area contributed by atoms with Gasteiger partial charge < -0.3 is 15.4 Å². The topological polar surface area (TPSA) is 63.2 Å². The Hall–Kier alpha value is -1.33. The average Bonchev–Trinajstić information content (AvgIpc) is 2.45. The molecule has 0 spiro atoms. The molecular weight excluding hydrogens is 290 g/mol. The molecule has 0 unspecified atom stereocenters. The van der Waals surface area contributed by atoms with Crippen LogP contribution in [0, 0.1) is 5.92 Å². The van der Waals surface area contributed by atoms with Crippen molar-refractivity contribution in [2.75, 3.05) is 31.6 Å². The second kappa shape index (κ2) is 9.58. The van der Waals surface area contributed by atoms with Gasteiger partial charge in [0.15, 0.2) is 0 Å². The number of aromatic nitrogens is 1. The van der Waals surface area contributed by atoms with Crippen LogP contribution < -0.4 is 10.6 Å². The molecule has 0 aromatic carbocycles. The van der Waals surface area contributed by atoms with Crippen molar-refractivity contribution in [1.29, 1.82) is 0 Å². The molecule has 1 rings (SSSR count). The van der Waals surface area contributed by atoms with Gasteiger partial charge in [0.1, 0.15) is 5.82 Å². The standard InChI is InChI=1S/C15H24ClN3O2/c1-4-5-17-14-13(16)8-12(9-19-14)15(20)18-6-7-21-10-11(2)3/h8-9,11H,4-7,10H2,1-3H3,(H,17,19)(H,18,20). The maximum absolute atomic E-state index is 11.9. The molecule has 1 aromatic heterocycles. The summed E-state index contributed by atoms with van der Waals surface area (Å²) in [5, 5.41) is 6.34. The number of carbonyl (C=O) groups is 1. The lowest BCUT2D eigenvalue weighted by molar-refractivity contribution is 0.0886. The number of rotatable bonds is 9. The lowest BCUT2D eigenvalue weighted by Crippen LogP contribution is -2.27. The minimum absolute atomic E-state index is 0.195. The molecule has 0 radical (unpaired) electrons. The summed E-state index contributed by atoms with van der Waals surface area (Å²) in [6, 6.07) is 1.62. The van der Waals surface area contributed by atoms with E-state index in [0.29, 0.717) is 42.1 Å². The Bertz CT molecular complexity index is 453. The number of halogens is 1. The number of ether oxygens (including phenoxy) is 1. The molecule has 0 bridgehead atoms. The Labute approximate surface area is 131 Å². The zero-order chi connectivity index (χ0) is 15.7. The Balaban J connectivity index is 2.42. The van der Waals surface area contributed by atoms with E-state index in [2.05, 4.69) is 36.4 Å². The number of nitrogens with zero attached hydrogens (tertiary/aromatic N) is 1. The largest absolute Gasteiger partial charge is 0.379 e.